The number of aryl methyl sites for hydroxylation is 1. The van der Waals surface area contributed by atoms with Crippen LogP contribution in [0.2, 0.25) is 5.02 Å². The summed E-state index contributed by atoms with van der Waals surface area (Å²) in [5.41, 5.74) is 0.586. The van der Waals surface area contributed by atoms with Gasteiger partial charge in [-0.3, -0.25) is 4.90 Å². The van der Waals surface area contributed by atoms with E-state index in [4.69, 9.17) is 20.9 Å². The summed E-state index contributed by atoms with van der Waals surface area (Å²) >= 11 is 5.78. The summed E-state index contributed by atoms with van der Waals surface area (Å²) < 4.78 is 24.6. The first-order chi connectivity index (χ1) is 10.1. The molecule has 0 bridgehead atoms. The third-order valence-corrected chi connectivity index (χ3v) is 3.69. The number of halogens is 2. The minimum absolute atomic E-state index is 0.157. The van der Waals surface area contributed by atoms with E-state index in [1.165, 1.54) is 6.07 Å². The molecular weight excluding hydrogens is 297 g/mol. The summed E-state index contributed by atoms with van der Waals surface area (Å²) in [5.74, 6) is 0.768. The highest BCUT2D eigenvalue weighted by Gasteiger charge is 2.29. The van der Waals surface area contributed by atoms with E-state index in [0.717, 1.165) is 0 Å². The molecule has 2 heterocycles. The van der Waals surface area contributed by atoms with Crippen molar-refractivity contribution in [2.75, 3.05) is 19.8 Å². The lowest BCUT2D eigenvalue weighted by molar-refractivity contribution is -0.0245. The summed E-state index contributed by atoms with van der Waals surface area (Å²) in [7, 11) is 0. The van der Waals surface area contributed by atoms with E-state index >= 15 is 0 Å². The van der Waals surface area contributed by atoms with Gasteiger partial charge in [0, 0.05) is 23.7 Å². The molecule has 1 atom stereocenters. The van der Waals surface area contributed by atoms with E-state index in [-0.39, 0.29) is 11.9 Å². The van der Waals surface area contributed by atoms with Gasteiger partial charge in [0.05, 0.1) is 13.2 Å². The first kappa shape index (κ1) is 14.4. The molecule has 0 spiro atoms. The Morgan fingerprint density at radius 3 is 3.05 bits per heavy atom. The van der Waals surface area contributed by atoms with Crippen LogP contribution in [0.4, 0.5) is 4.39 Å². The predicted molar refractivity (Wildman–Crippen MR) is 74.4 cm³/mol. The number of morpholine rings is 1. The summed E-state index contributed by atoms with van der Waals surface area (Å²) in [4.78, 5) is 6.32. The van der Waals surface area contributed by atoms with Gasteiger partial charge in [0.25, 0.3) is 0 Å². The van der Waals surface area contributed by atoms with Gasteiger partial charge in [0.2, 0.25) is 5.89 Å². The summed E-state index contributed by atoms with van der Waals surface area (Å²) in [5, 5.41) is 4.19. The average molecular weight is 312 g/mol. The maximum absolute atomic E-state index is 13.9. The normalized spacial score (nSPS) is 19.9. The smallest absolute Gasteiger partial charge is 0.246 e. The lowest BCUT2D eigenvalue weighted by Crippen LogP contribution is -2.39. The van der Waals surface area contributed by atoms with Crippen LogP contribution >= 0.6 is 11.6 Å². The SMILES string of the molecule is Cc1noc(C2COCCN2Cc2ccc(Cl)cc2F)n1. The maximum Gasteiger partial charge on any atom is 0.246 e. The highest BCUT2D eigenvalue weighted by atomic mass is 35.5. The number of nitrogens with zero attached hydrogens (tertiary/aromatic N) is 3. The Labute approximate surface area is 126 Å². The van der Waals surface area contributed by atoms with Crippen LogP contribution in [-0.2, 0) is 11.3 Å². The highest BCUT2D eigenvalue weighted by molar-refractivity contribution is 6.30. The number of rotatable bonds is 3. The molecule has 0 radical (unpaired) electrons. The highest BCUT2D eigenvalue weighted by Crippen LogP contribution is 2.26. The molecule has 0 aliphatic carbocycles. The second kappa shape index (κ2) is 6.09. The Morgan fingerprint density at radius 2 is 2.33 bits per heavy atom. The molecule has 1 aromatic heterocycles. The van der Waals surface area contributed by atoms with Gasteiger partial charge in [-0.2, -0.15) is 4.98 Å². The van der Waals surface area contributed by atoms with Crippen molar-refractivity contribution in [3.63, 3.8) is 0 Å². The zero-order valence-corrected chi connectivity index (χ0v) is 12.3. The number of hydrogen-bond acceptors (Lipinski definition) is 5. The van der Waals surface area contributed by atoms with Crippen molar-refractivity contribution in [1.82, 2.24) is 15.0 Å². The van der Waals surface area contributed by atoms with Crippen LogP contribution < -0.4 is 0 Å². The number of ether oxygens (including phenoxy) is 1. The third-order valence-electron chi connectivity index (χ3n) is 3.46. The van der Waals surface area contributed by atoms with Gasteiger partial charge in [-0.05, 0) is 19.1 Å². The Bertz CT molecular complexity index is 634. The molecule has 1 fully saturated rings. The quantitative estimate of drug-likeness (QED) is 0.872. The second-order valence-corrected chi connectivity index (χ2v) is 5.41. The third kappa shape index (κ3) is 3.23. The van der Waals surface area contributed by atoms with E-state index < -0.39 is 0 Å². The van der Waals surface area contributed by atoms with Crippen molar-refractivity contribution in [3.05, 3.63) is 46.3 Å². The van der Waals surface area contributed by atoms with Gasteiger partial charge in [0.15, 0.2) is 5.82 Å². The van der Waals surface area contributed by atoms with Crippen molar-refractivity contribution in [1.29, 1.82) is 0 Å². The van der Waals surface area contributed by atoms with E-state index in [1.54, 1.807) is 19.1 Å². The largest absolute Gasteiger partial charge is 0.378 e. The van der Waals surface area contributed by atoms with Gasteiger partial charge in [-0.15, -0.1) is 0 Å². The van der Waals surface area contributed by atoms with Crippen LogP contribution in [0.15, 0.2) is 22.7 Å². The van der Waals surface area contributed by atoms with Crippen molar-refractivity contribution in [2.45, 2.75) is 19.5 Å². The molecule has 1 aromatic carbocycles. The van der Waals surface area contributed by atoms with Gasteiger partial charge in [-0.25, -0.2) is 4.39 Å². The molecule has 0 amide bonds. The topological polar surface area (TPSA) is 51.4 Å². The predicted octanol–water partition coefficient (Wildman–Crippen LogP) is 2.74. The first-order valence-electron chi connectivity index (χ1n) is 6.69. The van der Waals surface area contributed by atoms with E-state index in [1.807, 2.05) is 0 Å². The summed E-state index contributed by atoms with van der Waals surface area (Å²) in [6.07, 6.45) is 0. The second-order valence-electron chi connectivity index (χ2n) is 4.98. The zero-order valence-electron chi connectivity index (χ0n) is 11.6. The molecule has 1 unspecified atom stereocenters. The van der Waals surface area contributed by atoms with Crippen molar-refractivity contribution >= 4 is 11.6 Å². The Kier molecular flexibility index (Phi) is 4.19. The molecule has 0 N–H and O–H groups in total. The Balaban J connectivity index is 1.81. The molecule has 1 aliphatic heterocycles. The zero-order chi connectivity index (χ0) is 14.8. The van der Waals surface area contributed by atoms with Crippen LogP contribution in [0.5, 0.6) is 0 Å². The Morgan fingerprint density at radius 1 is 1.48 bits per heavy atom. The fourth-order valence-corrected chi connectivity index (χ4v) is 2.53. The first-order valence-corrected chi connectivity index (χ1v) is 7.07. The maximum atomic E-state index is 13.9. The van der Waals surface area contributed by atoms with E-state index in [9.17, 15) is 4.39 Å². The molecule has 0 saturated carbocycles. The van der Waals surface area contributed by atoms with Crippen LogP contribution in [-0.4, -0.2) is 34.8 Å². The lowest BCUT2D eigenvalue weighted by atomic mass is 10.1. The molecule has 3 rings (SSSR count). The van der Waals surface area contributed by atoms with Gasteiger partial charge < -0.3 is 9.26 Å². The fraction of sp³-hybridized carbons (Fsp3) is 0.429. The van der Waals surface area contributed by atoms with Crippen LogP contribution in [0.25, 0.3) is 0 Å². The fourth-order valence-electron chi connectivity index (χ4n) is 2.37. The van der Waals surface area contributed by atoms with Gasteiger partial charge in [0.1, 0.15) is 11.9 Å². The van der Waals surface area contributed by atoms with E-state index in [2.05, 4.69) is 15.0 Å². The van der Waals surface area contributed by atoms with Crippen molar-refractivity contribution in [2.24, 2.45) is 0 Å². The molecular formula is C14H15ClFN3O2. The average Bonchev–Trinajstić information content (AvgIpc) is 2.89. The van der Waals surface area contributed by atoms with Crippen LogP contribution in [0.3, 0.4) is 0 Å². The molecule has 21 heavy (non-hydrogen) atoms. The number of benzene rings is 1. The minimum atomic E-state index is -0.311. The lowest BCUT2D eigenvalue weighted by Gasteiger charge is -2.33. The Hall–Kier alpha value is -1.50. The molecule has 1 aliphatic rings. The molecule has 1 saturated heterocycles. The standard InChI is InChI=1S/C14H15ClFN3O2/c1-9-17-14(21-18-9)13-8-20-5-4-19(13)7-10-2-3-11(15)6-12(10)16/h2-3,6,13H,4-5,7-8H2,1H3. The van der Waals surface area contributed by atoms with Crippen molar-refractivity contribution in [3.8, 4) is 0 Å². The van der Waals surface area contributed by atoms with Crippen LogP contribution in [0, 0.1) is 12.7 Å². The monoisotopic (exact) mass is 311 g/mol. The van der Waals surface area contributed by atoms with Gasteiger partial charge in [-0.1, -0.05) is 22.8 Å². The molecule has 2 aromatic rings. The summed E-state index contributed by atoms with van der Waals surface area (Å²) in [6.45, 7) is 3.93. The van der Waals surface area contributed by atoms with Gasteiger partial charge >= 0.3 is 0 Å². The molecule has 7 heteroatoms. The summed E-state index contributed by atoms with van der Waals surface area (Å²) in [6, 6.07) is 4.55. The number of aromatic nitrogens is 2. The van der Waals surface area contributed by atoms with Crippen LogP contribution in [0.1, 0.15) is 23.3 Å². The minimum Gasteiger partial charge on any atom is -0.378 e. The van der Waals surface area contributed by atoms with E-state index in [0.29, 0.717) is 48.6 Å². The van der Waals surface area contributed by atoms with Crippen molar-refractivity contribution < 1.29 is 13.7 Å². The molecule has 5 nitrogen and oxygen atoms in total. The molecule has 112 valence electrons. The number of hydrogen-bond donors (Lipinski definition) is 0.